The predicted molar refractivity (Wildman–Crippen MR) is 52.5 cm³/mol. The zero-order valence-corrected chi connectivity index (χ0v) is 7.57. The van der Waals surface area contributed by atoms with Crippen LogP contribution in [0.1, 0.15) is 17.2 Å². The summed E-state index contributed by atoms with van der Waals surface area (Å²) in [5.41, 5.74) is 1.48. The van der Waals surface area contributed by atoms with Crippen molar-refractivity contribution in [1.82, 2.24) is 0 Å². The molecule has 13 heavy (non-hydrogen) atoms. The average molecular weight is 172 g/mol. The Bertz CT molecular complexity index is 302. The van der Waals surface area contributed by atoms with Crippen LogP contribution in [0.5, 0.6) is 0 Å². The Morgan fingerprint density at radius 1 is 1.46 bits per heavy atom. The molecule has 0 fully saturated rings. The molecule has 0 bridgehead atoms. The molecule has 0 heterocycles. The van der Waals surface area contributed by atoms with Crippen molar-refractivity contribution in [2.24, 2.45) is 0 Å². The average Bonchev–Trinajstić information content (AvgIpc) is 2.18. The number of hydrogen-bond acceptors (Lipinski definition) is 2. The number of hydrogen-bond donors (Lipinski definition) is 1. The van der Waals surface area contributed by atoms with E-state index in [1.165, 1.54) is 0 Å². The van der Waals surface area contributed by atoms with Crippen LogP contribution in [0.3, 0.4) is 0 Å². The van der Waals surface area contributed by atoms with E-state index in [2.05, 4.69) is 0 Å². The number of nitriles is 1. The summed E-state index contributed by atoms with van der Waals surface area (Å²) in [6, 6.07) is 9.04. The van der Waals surface area contributed by atoms with Crippen LogP contribution in [0.25, 0.3) is 0 Å². The van der Waals surface area contributed by atoms with Crippen LogP contribution in [0, 0.1) is 11.3 Å². The van der Waals surface area contributed by atoms with Gasteiger partial charge in [-0.05, 0) is 17.7 Å². The van der Waals surface area contributed by atoms with E-state index in [1.807, 2.05) is 20.2 Å². The van der Waals surface area contributed by atoms with Gasteiger partial charge in [-0.25, -0.2) is 0 Å². The van der Waals surface area contributed by atoms with Gasteiger partial charge < -0.3 is 5.11 Å². The van der Waals surface area contributed by atoms with Crippen LogP contribution in [0.4, 0.5) is 0 Å². The second-order valence-corrected chi connectivity index (χ2v) is 2.89. The Hall–Kier alpha value is -1.27. The molecule has 65 valence electrons. The number of nitrogens with zero attached hydrogens (tertiary/aromatic N) is 1. The fourth-order valence-corrected chi connectivity index (χ4v) is 1.14. The highest BCUT2D eigenvalue weighted by Gasteiger charge is 2.05. The van der Waals surface area contributed by atoms with Gasteiger partial charge in [0.25, 0.3) is 0 Å². The van der Waals surface area contributed by atoms with Crippen molar-refractivity contribution in [3.8, 4) is 6.07 Å². The molecule has 1 rings (SSSR count). The molecule has 3 heteroatoms. The lowest BCUT2D eigenvalue weighted by Gasteiger charge is -2.08. The Morgan fingerprint density at radius 2 is 2.08 bits per heavy atom. The first-order valence-corrected chi connectivity index (χ1v) is 4.24. The summed E-state index contributed by atoms with van der Waals surface area (Å²) in [7, 11) is 1.92. The van der Waals surface area contributed by atoms with Gasteiger partial charge in [0.05, 0.1) is 17.7 Å². The second kappa shape index (κ2) is 4.69. The van der Waals surface area contributed by atoms with Crippen molar-refractivity contribution in [3.63, 3.8) is 0 Å². The molecule has 0 spiro atoms. The topological polar surface area (TPSA) is 44.0 Å². The minimum Gasteiger partial charge on any atom is -0.389 e. The van der Waals surface area contributed by atoms with E-state index >= 15 is 0 Å². The normalized spacial score (nSPS) is 11.8. The quantitative estimate of drug-likeness (QED) is 0.706. The minimum atomic E-state index is -0.447. The molecular weight excluding hydrogens is 161 g/mol. The van der Waals surface area contributed by atoms with Crippen LogP contribution >= 0.6 is 0 Å². The molecule has 0 amide bonds. The first-order chi connectivity index (χ1) is 6.27. The molecule has 0 aliphatic carbocycles. The minimum absolute atomic E-state index is 0.447. The van der Waals surface area contributed by atoms with Crippen LogP contribution in [-0.4, -0.2) is 12.4 Å². The molecule has 0 aromatic heterocycles. The molecule has 1 aromatic rings. The maximum Gasteiger partial charge on any atom is 0.109 e. The highest BCUT2D eigenvalue weighted by Crippen LogP contribution is 2.16. The first kappa shape index (κ1) is 9.82. The molecule has 1 atom stereocenters. The van der Waals surface area contributed by atoms with Gasteiger partial charge >= 0.3 is 0 Å². The van der Waals surface area contributed by atoms with Gasteiger partial charge in [0, 0.05) is 0 Å². The third-order valence-corrected chi connectivity index (χ3v) is 1.88. The molecule has 0 saturated heterocycles. The maximum atomic E-state index is 9.57. The second-order valence-electron chi connectivity index (χ2n) is 2.89. The van der Waals surface area contributed by atoms with E-state index in [9.17, 15) is 5.11 Å². The molecule has 0 aliphatic heterocycles. The summed E-state index contributed by atoms with van der Waals surface area (Å²) in [5.74, 6) is 0. The fourth-order valence-electron chi connectivity index (χ4n) is 1.14. The summed E-state index contributed by atoms with van der Waals surface area (Å²) >= 11 is 0. The van der Waals surface area contributed by atoms with E-state index in [0.29, 0.717) is 11.9 Å². The summed E-state index contributed by atoms with van der Waals surface area (Å²) in [6.45, 7) is 1.91. The molecule has 0 aliphatic rings. The summed E-state index contributed by atoms with van der Waals surface area (Å²) < 4.78 is 0. The summed E-state index contributed by atoms with van der Waals surface area (Å²) in [6.07, 6.45) is 0.198. The van der Waals surface area contributed by atoms with Gasteiger partial charge in [0.1, 0.15) is 7.28 Å². The lowest BCUT2D eigenvalue weighted by atomic mass is 9.74. The van der Waals surface area contributed by atoms with E-state index in [1.54, 1.807) is 24.3 Å². The van der Waals surface area contributed by atoms with Crippen molar-refractivity contribution in [1.29, 1.82) is 5.26 Å². The number of aliphatic hydroxyl groups excluding tert-OH is 1. The summed E-state index contributed by atoms with van der Waals surface area (Å²) in [4.78, 5) is 0. The predicted octanol–water partition coefficient (Wildman–Crippen LogP) is 1.76. The molecule has 2 nitrogen and oxygen atoms in total. The SMILES string of the molecule is C[B]C[C@@H](O)c1ccc(C#N)cc1. The van der Waals surface area contributed by atoms with Crippen molar-refractivity contribution < 1.29 is 5.11 Å². The van der Waals surface area contributed by atoms with Crippen LogP contribution in [-0.2, 0) is 0 Å². The number of rotatable bonds is 3. The summed E-state index contributed by atoms with van der Waals surface area (Å²) in [5, 5.41) is 18.1. The van der Waals surface area contributed by atoms with E-state index < -0.39 is 6.10 Å². The van der Waals surface area contributed by atoms with E-state index in [-0.39, 0.29) is 0 Å². The molecular formula is C10H11BNO. The largest absolute Gasteiger partial charge is 0.389 e. The fraction of sp³-hybridized carbons (Fsp3) is 0.300. The third-order valence-electron chi connectivity index (χ3n) is 1.88. The van der Waals surface area contributed by atoms with Crippen molar-refractivity contribution in [3.05, 3.63) is 35.4 Å². The smallest absolute Gasteiger partial charge is 0.109 e. The van der Waals surface area contributed by atoms with Gasteiger partial charge in [0.2, 0.25) is 0 Å². The van der Waals surface area contributed by atoms with Crippen LogP contribution in [0.2, 0.25) is 13.1 Å². The van der Waals surface area contributed by atoms with Crippen molar-refractivity contribution in [2.75, 3.05) is 0 Å². The van der Waals surface area contributed by atoms with Gasteiger partial charge in [-0.2, -0.15) is 5.26 Å². The first-order valence-electron chi connectivity index (χ1n) is 4.24. The Morgan fingerprint density at radius 3 is 2.54 bits per heavy atom. The van der Waals surface area contributed by atoms with E-state index in [4.69, 9.17) is 5.26 Å². The molecule has 1 radical (unpaired) electrons. The van der Waals surface area contributed by atoms with Gasteiger partial charge in [0.15, 0.2) is 0 Å². The van der Waals surface area contributed by atoms with Gasteiger partial charge in [-0.15, -0.1) is 0 Å². The van der Waals surface area contributed by atoms with Gasteiger partial charge in [-0.1, -0.05) is 25.3 Å². The lowest BCUT2D eigenvalue weighted by Crippen LogP contribution is -1.99. The number of benzene rings is 1. The van der Waals surface area contributed by atoms with E-state index in [0.717, 1.165) is 5.56 Å². The Labute approximate surface area is 79.1 Å². The third kappa shape index (κ3) is 2.60. The van der Waals surface area contributed by atoms with Crippen molar-refractivity contribution in [2.45, 2.75) is 19.2 Å². The van der Waals surface area contributed by atoms with Crippen molar-refractivity contribution >= 4 is 7.28 Å². The zero-order valence-electron chi connectivity index (χ0n) is 7.57. The monoisotopic (exact) mass is 172 g/mol. The molecule has 0 unspecified atom stereocenters. The standard InChI is InChI=1S/C10H11BNO/c1-11-6-10(13)9-4-2-8(7-12)3-5-9/h2-5,10,13H,6H2,1H3/t10-/m1/s1. The Kier molecular flexibility index (Phi) is 3.54. The number of aliphatic hydroxyl groups is 1. The highest BCUT2D eigenvalue weighted by atomic mass is 16.3. The molecule has 1 aromatic carbocycles. The maximum absolute atomic E-state index is 9.57. The van der Waals surface area contributed by atoms with Crippen LogP contribution in [0.15, 0.2) is 24.3 Å². The lowest BCUT2D eigenvalue weighted by molar-refractivity contribution is 0.199. The zero-order chi connectivity index (χ0) is 9.68. The van der Waals surface area contributed by atoms with Crippen LogP contribution < -0.4 is 0 Å². The van der Waals surface area contributed by atoms with Gasteiger partial charge in [-0.3, -0.25) is 0 Å². The highest BCUT2D eigenvalue weighted by molar-refractivity contribution is 6.33. The Balaban J connectivity index is 2.75. The molecule has 1 N–H and O–H groups in total. The molecule has 0 saturated carbocycles.